The summed E-state index contributed by atoms with van der Waals surface area (Å²) in [6, 6.07) is 8.51. The highest BCUT2D eigenvalue weighted by molar-refractivity contribution is 5.30. The highest BCUT2D eigenvalue weighted by Gasteiger charge is 2.22. The van der Waals surface area contributed by atoms with Crippen molar-refractivity contribution in [2.24, 2.45) is 0 Å². The zero-order valence-corrected chi connectivity index (χ0v) is 9.57. The first-order valence-electron chi connectivity index (χ1n) is 5.69. The molecule has 1 fully saturated rings. The lowest BCUT2D eigenvalue weighted by molar-refractivity contribution is 0.354. The van der Waals surface area contributed by atoms with Crippen molar-refractivity contribution in [3.63, 3.8) is 0 Å². The molecule has 2 nitrogen and oxygen atoms in total. The number of likely N-dealkylation sites (tertiary alicyclic amines) is 1. The van der Waals surface area contributed by atoms with Crippen LogP contribution in [-0.2, 0) is 0 Å². The van der Waals surface area contributed by atoms with Gasteiger partial charge < -0.3 is 9.64 Å². The lowest BCUT2D eigenvalue weighted by atomic mass is 9.98. The molecule has 1 aliphatic heterocycles. The third-order valence-corrected chi connectivity index (χ3v) is 3.31. The van der Waals surface area contributed by atoms with Crippen LogP contribution in [0.1, 0.15) is 24.8 Å². The number of benzene rings is 1. The summed E-state index contributed by atoms with van der Waals surface area (Å²) in [7, 11) is 1.71. The summed E-state index contributed by atoms with van der Waals surface area (Å²) in [6.07, 6.45) is 1.29. The second-order valence-electron chi connectivity index (χ2n) is 4.15. The minimum atomic E-state index is 0.718. The van der Waals surface area contributed by atoms with Gasteiger partial charge in [0.15, 0.2) is 0 Å². The number of likely N-dealkylation sites (N-methyl/N-ethyl adjacent to an activating group) is 1. The van der Waals surface area contributed by atoms with Crippen molar-refractivity contribution in [3.8, 4) is 5.75 Å². The number of hydrogen-bond donors (Lipinski definition) is 0. The van der Waals surface area contributed by atoms with Gasteiger partial charge in [0.1, 0.15) is 5.75 Å². The Morgan fingerprint density at radius 3 is 2.60 bits per heavy atom. The maximum absolute atomic E-state index is 5.16. The van der Waals surface area contributed by atoms with Crippen LogP contribution in [0.15, 0.2) is 24.3 Å². The minimum Gasteiger partial charge on any atom is -0.497 e. The molecule has 0 radical (unpaired) electrons. The van der Waals surface area contributed by atoms with Crippen LogP contribution in [0, 0.1) is 0 Å². The van der Waals surface area contributed by atoms with Gasteiger partial charge in [0, 0.05) is 6.54 Å². The summed E-state index contributed by atoms with van der Waals surface area (Å²) in [5, 5.41) is 0. The smallest absolute Gasteiger partial charge is 0.118 e. The Hall–Kier alpha value is -1.02. The molecule has 0 aromatic heterocycles. The van der Waals surface area contributed by atoms with Crippen LogP contribution < -0.4 is 4.74 Å². The molecule has 1 unspecified atom stereocenters. The van der Waals surface area contributed by atoms with Crippen LogP contribution in [0.3, 0.4) is 0 Å². The molecule has 0 amide bonds. The van der Waals surface area contributed by atoms with Crippen molar-refractivity contribution in [1.82, 2.24) is 4.90 Å². The van der Waals surface area contributed by atoms with Crippen molar-refractivity contribution in [3.05, 3.63) is 29.8 Å². The maximum atomic E-state index is 5.16. The summed E-state index contributed by atoms with van der Waals surface area (Å²) in [5.41, 5.74) is 1.45. The van der Waals surface area contributed by atoms with Crippen LogP contribution in [0.25, 0.3) is 0 Å². The van der Waals surface area contributed by atoms with Crippen molar-refractivity contribution in [2.75, 3.05) is 26.7 Å². The largest absolute Gasteiger partial charge is 0.497 e. The molecular weight excluding hydrogens is 186 g/mol. The Morgan fingerprint density at radius 1 is 1.33 bits per heavy atom. The highest BCUT2D eigenvalue weighted by Crippen LogP contribution is 2.27. The van der Waals surface area contributed by atoms with Crippen LogP contribution in [0.4, 0.5) is 0 Å². The Bertz CT molecular complexity index is 307. The fourth-order valence-electron chi connectivity index (χ4n) is 2.27. The van der Waals surface area contributed by atoms with Gasteiger partial charge >= 0.3 is 0 Å². The zero-order chi connectivity index (χ0) is 10.7. The van der Waals surface area contributed by atoms with Gasteiger partial charge in [-0.25, -0.2) is 0 Å². The Morgan fingerprint density at radius 2 is 2.07 bits per heavy atom. The van der Waals surface area contributed by atoms with Crippen molar-refractivity contribution in [1.29, 1.82) is 0 Å². The number of nitrogens with zero attached hydrogens (tertiary/aromatic N) is 1. The van der Waals surface area contributed by atoms with Crippen LogP contribution in [0.5, 0.6) is 5.75 Å². The molecule has 0 N–H and O–H groups in total. The Labute approximate surface area is 91.9 Å². The normalized spacial score (nSPS) is 21.9. The first kappa shape index (κ1) is 10.5. The zero-order valence-electron chi connectivity index (χ0n) is 9.57. The lowest BCUT2D eigenvalue weighted by Crippen LogP contribution is -2.19. The van der Waals surface area contributed by atoms with Crippen LogP contribution in [0.2, 0.25) is 0 Å². The standard InChI is InChI=1S/C13H19NO/c1-3-14-9-8-12(10-14)11-4-6-13(15-2)7-5-11/h4-7,12H,3,8-10H2,1-2H3. The Kier molecular flexibility index (Phi) is 3.27. The molecule has 15 heavy (non-hydrogen) atoms. The van der Waals surface area contributed by atoms with Gasteiger partial charge in [0.2, 0.25) is 0 Å². The minimum absolute atomic E-state index is 0.718. The molecule has 2 rings (SSSR count). The summed E-state index contributed by atoms with van der Waals surface area (Å²) < 4.78 is 5.16. The van der Waals surface area contributed by atoms with Crippen molar-refractivity contribution >= 4 is 0 Å². The van der Waals surface area contributed by atoms with E-state index in [0.29, 0.717) is 0 Å². The number of hydrogen-bond acceptors (Lipinski definition) is 2. The number of ether oxygens (including phenoxy) is 1. The van der Waals surface area contributed by atoms with Gasteiger partial charge in [0.25, 0.3) is 0 Å². The third kappa shape index (κ3) is 2.32. The van der Waals surface area contributed by atoms with Gasteiger partial charge in [-0.15, -0.1) is 0 Å². The van der Waals surface area contributed by atoms with E-state index in [1.165, 1.54) is 31.6 Å². The van der Waals surface area contributed by atoms with E-state index in [0.717, 1.165) is 11.7 Å². The van der Waals surface area contributed by atoms with E-state index in [1.54, 1.807) is 7.11 Å². The lowest BCUT2D eigenvalue weighted by Gasteiger charge is -2.13. The molecule has 1 heterocycles. The predicted molar refractivity (Wildman–Crippen MR) is 62.5 cm³/mol. The molecule has 0 aliphatic carbocycles. The highest BCUT2D eigenvalue weighted by atomic mass is 16.5. The van der Waals surface area contributed by atoms with Crippen LogP contribution in [-0.4, -0.2) is 31.6 Å². The summed E-state index contributed by atoms with van der Waals surface area (Å²) in [5.74, 6) is 1.67. The maximum Gasteiger partial charge on any atom is 0.118 e. The second kappa shape index (κ2) is 4.67. The van der Waals surface area contributed by atoms with Gasteiger partial charge in [0.05, 0.1) is 7.11 Å². The molecule has 0 bridgehead atoms. The SMILES string of the molecule is CCN1CCC(c2ccc(OC)cc2)C1. The van der Waals surface area contributed by atoms with E-state index in [9.17, 15) is 0 Å². The molecule has 1 atom stereocenters. The molecule has 0 saturated carbocycles. The van der Waals surface area contributed by atoms with E-state index in [2.05, 4.69) is 36.1 Å². The monoisotopic (exact) mass is 205 g/mol. The molecule has 1 aromatic carbocycles. The van der Waals surface area contributed by atoms with E-state index in [4.69, 9.17) is 4.74 Å². The summed E-state index contributed by atoms with van der Waals surface area (Å²) in [6.45, 7) is 5.86. The summed E-state index contributed by atoms with van der Waals surface area (Å²) >= 11 is 0. The number of methoxy groups -OCH3 is 1. The average Bonchev–Trinajstić information content (AvgIpc) is 2.78. The van der Waals surface area contributed by atoms with Crippen molar-refractivity contribution in [2.45, 2.75) is 19.3 Å². The van der Waals surface area contributed by atoms with E-state index >= 15 is 0 Å². The van der Waals surface area contributed by atoms with Gasteiger partial charge in [-0.1, -0.05) is 19.1 Å². The third-order valence-electron chi connectivity index (χ3n) is 3.31. The first-order valence-corrected chi connectivity index (χ1v) is 5.69. The average molecular weight is 205 g/mol. The molecule has 1 aromatic rings. The summed E-state index contributed by atoms with van der Waals surface area (Å²) in [4.78, 5) is 2.51. The first-order chi connectivity index (χ1) is 7.33. The molecular formula is C13H19NO. The van der Waals surface area contributed by atoms with Gasteiger partial charge in [-0.2, -0.15) is 0 Å². The van der Waals surface area contributed by atoms with E-state index < -0.39 is 0 Å². The van der Waals surface area contributed by atoms with E-state index in [1.807, 2.05) is 0 Å². The molecule has 1 aliphatic rings. The van der Waals surface area contributed by atoms with Gasteiger partial charge in [-0.05, 0) is 43.1 Å². The van der Waals surface area contributed by atoms with Crippen LogP contribution >= 0.6 is 0 Å². The topological polar surface area (TPSA) is 12.5 Å². The fraction of sp³-hybridized carbons (Fsp3) is 0.538. The van der Waals surface area contributed by atoms with Gasteiger partial charge in [-0.3, -0.25) is 0 Å². The quantitative estimate of drug-likeness (QED) is 0.751. The van der Waals surface area contributed by atoms with E-state index in [-0.39, 0.29) is 0 Å². The predicted octanol–water partition coefficient (Wildman–Crippen LogP) is 2.50. The second-order valence-corrected chi connectivity index (χ2v) is 4.15. The molecule has 0 spiro atoms. The van der Waals surface area contributed by atoms with Crippen molar-refractivity contribution < 1.29 is 4.74 Å². The molecule has 1 saturated heterocycles. The fourth-order valence-corrected chi connectivity index (χ4v) is 2.27. The molecule has 2 heteroatoms. The molecule has 82 valence electrons. The Balaban J connectivity index is 2.04. The number of rotatable bonds is 3.